The first kappa shape index (κ1) is 10.2. The molecule has 1 rings (SSSR count). The zero-order valence-corrected chi connectivity index (χ0v) is 8.39. The van der Waals surface area contributed by atoms with Gasteiger partial charge in [0.05, 0.1) is 6.61 Å². The SMILES string of the molecule is COCC(/C=C/C(C)=N)=C1CCC1. The third-order valence-electron chi connectivity index (χ3n) is 2.25. The number of allylic oxidation sites excluding steroid dienone is 2. The van der Waals surface area contributed by atoms with Crippen LogP contribution < -0.4 is 0 Å². The summed E-state index contributed by atoms with van der Waals surface area (Å²) in [5.74, 6) is 0. The number of hydrogen-bond acceptors (Lipinski definition) is 2. The molecule has 1 aliphatic rings. The fraction of sp³-hybridized carbons (Fsp3) is 0.545. The van der Waals surface area contributed by atoms with E-state index in [1.165, 1.54) is 30.4 Å². The van der Waals surface area contributed by atoms with Gasteiger partial charge in [0.2, 0.25) is 0 Å². The molecule has 72 valence electrons. The molecule has 0 bridgehead atoms. The molecule has 1 aliphatic carbocycles. The lowest BCUT2D eigenvalue weighted by Gasteiger charge is -2.20. The molecule has 0 atom stereocenters. The monoisotopic (exact) mass is 179 g/mol. The van der Waals surface area contributed by atoms with Crippen LogP contribution in [0.5, 0.6) is 0 Å². The highest BCUT2D eigenvalue weighted by atomic mass is 16.5. The van der Waals surface area contributed by atoms with Gasteiger partial charge in [0.1, 0.15) is 0 Å². The van der Waals surface area contributed by atoms with E-state index in [-0.39, 0.29) is 0 Å². The average molecular weight is 179 g/mol. The van der Waals surface area contributed by atoms with Crippen molar-refractivity contribution in [1.29, 1.82) is 5.41 Å². The van der Waals surface area contributed by atoms with Gasteiger partial charge >= 0.3 is 0 Å². The summed E-state index contributed by atoms with van der Waals surface area (Å²) in [7, 11) is 1.71. The van der Waals surface area contributed by atoms with Gasteiger partial charge in [-0.25, -0.2) is 0 Å². The van der Waals surface area contributed by atoms with Crippen molar-refractivity contribution in [2.24, 2.45) is 0 Å². The van der Waals surface area contributed by atoms with Gasteiger partial charge in [-0.15, -0.1) is 0 Å². The Morgan fingerprint density at radius 3 is 2.54 bits per heavy atom. The Labute approximate surface area is 79.8 Å². The van der Waals surface area contributed by atoms with Crippen LogP contribution in [0, 0.1) is 5.41 Å². The third kappa shape index (κ3) is 3.15. The number of rotatable bonds is 4. The number of nitrogens with one attached hydrogen (secondary N) is 1. The first-order chi connectivity index (χ1) is 6.24. The van der Waals surface area contributed by atoms with Crippen LogP contribution in [0.4, 0.5) is 0 Å². The minimum absolute atomic E-state index is 0.591. The van der Waals surface area contributed by atoms with Crippen molar-refractivity contribution in [2.75, 3.05) is 13.7 Å². The highest BCUT2D eigenvalue weighted by Gasteiger charge is 2.12. The molecule has 13 heavy (non-hydrogen) atoms. The predicted molar refractivity (Wildman–Crippen MR) is 55.3 cm³/mol. The van der Waals surface area contributed by atoms with E-state index in [4.69, 9.17) is 10.1 Å². The maximum Gasteiger partial charge on any atom is 0.0712 e. The molecule has 1 saturated carbocycles. The molecule has 1 fully saturated rings. The summed E-state index contributed by atoms with van der Waals surface area (Å²) in [6.45, 7) is 2.46. The van der Waals surface area contributed by atoms with Gasteiger partial charge in [-0.1, -0.05) is 11.6 Å². The van der Waals surface area contributed by atoms with E-state index in [9.17, 15) is 0 Å². The third-order valence-corrected chi connectivity index (χ3v) is 2.25. The van der Waals surface area contributed by atoms with E-state index in [1.807, 2.05) is 12.2 Å². The first-order valence-electron chi connectivity index (χ1n) is 4.67. The van der Waals surface area contributed by atoms with Crippen molar-refractivity contribution in [2.45, 2.75) is 26.2 Å². The number of ether oxygens (including phenoxy) is 1. The van der Waals surface area contributed by atoms with E-state index < -0.39 is 0 Å². The van der Waals surface area contributed by atoms with Gasteiger partial charge in [-0.3, -0.25) is 0 Å². The summed E-state index contributed by atoms with van der Waals surface area (Å²) in [5, 5.41) is 7.29. The van der Waals surface area contributed by atoms with Crippen LogP contribution in [-0.2, 0) is 4.74 Å². The zero-order valence-electron chi connectivity index (χ0n) is 8.39. The molecular weight excluding hydrogens is 162 g/mol. The molecule has 2 heteroatoms. The molecule has 1 N–H and O–H groups in total. The van der Waals surface area contributed by atoms with Gasteiger partial charge < -0.3 is 10.1 Å². The fourth-order valence-corrected chi connectivity index (χ4v) is 1.32. The second-order valence-electron chi connectivity index (χ2n) is 3.43. The maximum absolute atomic E-state index is 7.29. The van der Waals surface area contributed by atoms with Crippen LogP contribution in [0.15, 0.2) is 23.3 Å². The van der Waals surface area contributed by atoms with Gasteiger partial charge in [0.15, 0.2) is 0 Å². The molecule has 0 radical (unpaired) electrons. The molecule has 0 aromatic heterocycles. The first-order valence-corrected chi connectivity index (χ1v) is 4.67. The highest BCUT2D eigenvalue weighted by Crippen LogP contribution is 2.29. The molecule has 0 aliphatic heterocycles. The van der Waals surface area contributed by atoms with Crippen molar-refractivity contribution in [1.82, 2.24) is 0 Å². The van der Waals surface area contributed by atoms with E-state index in [2.05, 4.69) is 0 Å². The largest absolute Gasteiger partial charge is 0.380 e. The molecule has 0 heterocycles. The van der Waals surface area contributed by atoms with Crippen molar-refractivity contribution < 1.29 is 4.74 Å². The van der Waals surface area contributed by atoms with Crippen molar-refractivity contribution in [3.63, 3.8) is 0 Å². The van der Waals surface area contributed by atoms with Crippen LogP contribution >= 0.6 is 0 Å². The molecule has 2 nitrogen and oxygen atoms in total. The molecular formula is C11H17NO. The number of methoxy groups -OCH3 is 1. The Morgan fingerprint density at radius 1 is 1.46 bits per heavy atom. The zero-order chi connectivity index (χ0) is 9.68. The van der Waals surface area contributed by atoms with E-state index >= 15 is 0 Å². The summed E-state index contributed by atoms with van der Waals surface area (Å²) in [6, 6.07) is 0. The van der Waals surface area contributed by atoms with Gasteiger partial charge in [0.25, 0.3) is 0 Å². The molecule has 0 amide bonds. The Hall–Kier alpha value is -0.890. The normalized spacial score (nSPS) is 16.0. The fourth-order valence-electron chi connectivity index (χ4n) is 1.32. The smallest absolute Gasteiger partial charge is 0.0712 e. The molecule has 0 spiro atoms. The minimum atomic E-state index is 0.591. The van der Waals surface area contributed by atoms with Crippen molar-refractivity contribution in [3.8, 4) is 0 Å². The minimum Gasteiger partial charge on any atom is -0.380 e. The van der Waals surface area contributed by atoms with Crippen LogP contribution in [0.1, 0.15) is 26.2 Å². The summed E-state index contributed by atoms with van der Waals surface area (Å²) < 4.78 is 5.11. The van der Waals surface area contributed by atoms with Crippen LogP contribution in [0.3, 0.4) is 0 Å². The Morgan fingerprint density at radius 2 is 2.15 bits per heavy atom. The Kier molecular flexibility index (Phi) is 3.90. The Bertz CT molecular complexity index is 245. The summed E-state index contributed by atoms with van der Waals surface area (Å²) >= 11 is 0. The van der Waals surface area contributed by atoms with Crippen molar-refractivity contribution in [3.05, 3.63) is 23.3 Å². The average Bonchev–Trinajstić information content (AvgIpc) is 1.97. The predicted octanol–water partition coefficient (Wildman–Crippen LogP) is 2.71. The van der Waals surface area contributed by atoms with E-state index in [1.54, 1.807) is 14.0 Å². The molecule has 0 unspecified atom stereocenters. The van der Waals surface area contributed by atoms with E-state index in [0.29, 0.717) is 12.3 Å². The lowest BCUT2D eigenvalue weighted by molar-refractivity contribution is 0.226. The van der Waals surface area contributed by atoms with Crippen LogP contribution in [-0.4, -0.2) is 19.4 Å². The van der Waals surface area contributed by atoms with E-state index in [0.717, 1.165) is 0 Å². The second-order valence-corrected chi connectivity index (χ2v) is 3.43. The standard InChI is InChI=1S/C11H17NO/c1-9(12)6-7-11(8-13-2)10-4-3-5-10/h6-7,12H,3-5,8H2,1-2H3/b7-6+,12-9?. The summed E-state index contributed by atoms with van der Waals surface area (Å²) in [4.78, 5) is 0. The van der Waals surface area contributed by atoms with Crippen LogP contribution in [0.2, 0.25) is 0 Å². The summed E-state index contributed by atoms with van der Waals surface area (Å²) in [5.41, 5.74) is 3.35. The quantitative estimate of drug-likeness (QED) is 0.661. The number of hydrogen-bond donors (Lipinski definition) is 1. The van der Waals surface area contributed by atoms with Crippen LogP contribution in [0.25, 0.3) is 0 Å². The Balaban J connectivity index is 2.62. The topological polar surface area (TPSA) is 33.1 Å². The van der Waals surface area contributed by atoms with Gasteiger partial charge in [0, 0.05) is 12.8 Å². The van der Waals surface area contributed by atoms with Gasteiger partial charge in [-0.2, -0.15) is 0 Å². The lowest BCUT2D eigenvalue weighted by atomic mass is 9.88. The molecule has 0 aromatic rings. The highest BCUT2D eigenvalue weighted by molar-refractivity contribution is 5.90. The lowest BCUT2D eigenvalue weighted by Crippen LogP contribution is -2.05. The summed E-state index contributed by atoms with van der Waals surface area (Å²) in [6.07, 6.45) is 7.57. The second kappa shape index (κ2) is 4.97. The van der Waals surface area contributed by atoms with Crippen molar-refractivity contribution >= 4 is 5.71 Å². The van der Waals surface area contributed by atoms with Gasteiger partial charge in [-0.05, 0) is 37.8 Å². The molecule has 0 saturated heterocycles. The maximum atomic E-state index is 7.29. The molecule has 0 aromatic carbocycles.